The number of rotatable bonds is 5. The smallest absolute Gasteiger partial charge is 0.283 e. The van der Waals surface area contributed by atoms with Crippen molar-refractivity contribution in [3.05, 3.63) is 52.3 Å². The van der Waals surface area contributed by atoms with Gasteiger partial charge in [0.05, 0.1) is 42.3 Å². The first-order valence-electron chi connectivity index (χ1n) is 7.32. The Bertz CT molecular complexity index is 735. The Labute approximate surface area is 142 Å². The number of aromatic nitrogens is 2. The van der Waals surface area contributed by atoms with E-state index in [-0.39, 0.29) is 5.69 Å². The zero-order chi connectivity index (χ0) is 16.8. The number of morpholine rings is 1. The van der Waals surface area contributed by atoms with Crippen molar-refractivity contribution in [2.24, 2.45) is 5.10 Å². The topological polar surface area (TPSA) is 93.8 Å². The summed E-state index contributed by atoms with van der Waals surface area (Å²) in [5, 5.41) is 18.0. The van der Waals surface area contributed by atoms with Crippen LogP contribution in [0.1, 0.15) is 5.56 Å². The third-order valence-corrected chi connectivity index (χ3v) is 4.24. The van der Waals surface area contributed by atoms with Crippen LogP contribution in [0.25, 0.3) is 0 Å². The third kappa shape index (κ3) is 4.27. The van der Waals surface area contributed by atoms with Gasteiger partial charge in [0.25, 0.3) is 5.69 Å². The fourth-order valence-corrected chi connectivity index (χ4v) is 2.90. The highest BCUT2D eigenvalue weighted by Gasteiger charge is 2.16. The lowest BCUT2D eigenvalue weighted by atomic mass is 10.2. The molecule has 9 heteroatoms. The van der Waals surface area contributed by atoms with Gasteiger partial charge in [0, 0.05) is 24.0 Å². The summed E-state index contributed by atoms with van der Waals surface area (Å²) in [7, 11) is 0. The zero-order valence-electron chi connectivity index (χ0n) is 12.7. The van der Waals surface area contributed by atoms with Gasteiger partial charge in [-0.25, -0.2) is 9.97 Å². The van der Waals surface area contributed by atoms with E-state index >= 15 is 0 Å². The molecule has 1 fully saturated rings. The molecule has 0 atom stereocenters. The SMILES string of the molecule is O=[N+]([O-])c1cc(C=NN2CCOCC2)ccc1Sc1ncccn1. The molecule has 0 aliphatic carbocycles. The zero-order valence-corrected chi connectivity index (χ0v) is 13.6. The predicted molar refractivity (Wildman–Crippen MR) is 89.2 cm³/mol. The van der Waals surface area contributed by atoms with Crippen molar-refractivity contribution in [2.45, 2.75) is 10.1 Å². The van der Waals surface area contributed by atoms with E-state index in [2.05, 4.69) is 15.1 Å². The van der Waals surface area contributed by atoms with Crippen molar-refractivity contribution in [3.8, 4) is 0 Å². The molecule has 0 bridgehead atoms. The molecule has 8 nitrogen and oxygen atoms in total. The van der Waals surface area contributed by atoms with Gasteiger partial charge in [-0.15, -0.1) is 0 Å². The highest BCUT2D eigenvalue weighted by atomic mass is 32.2. The van der Waals surface area contributed by atoms with Gasteiger partial charge in [-0.2, -0.15) is 5.10 Å². The summed E-state index contributed by atoms with van der Waals surface area (Å²) < 4.78 is 5.26. The van der Waals surface area contributed by atoms with Crippen LogP contribution < -0.4 is 0 Å². The van der Waals surface area contributed by atoms with Gasteiger partial charge in [0.15, 0.2) is 5.16 Å². The maximum atomic E-state index is 11.4. The molecule has 2 heterocycles. The quantitative estimate of drug-likeness (QED) is 0.355. The number of hydrogen-bond acceptors (Lipinski definition) is 8. The molecule has 0 spiro atoms. The van der Waals surface area contributed by atoms with E-state index < -0.39 is 4.92 Å². The third-order valence-electron chi connectivity index (χ3n) is 3.28. The van der Waals surface area contributed by atoms with Crippen LogP contribution in [0.15, 0.2) is 51.8 Å². The van der Waals surface area contributed by atoms with Gasteiger partial charge in [-0.05, 0) is 23.9 Å². The Hall–Kier alpha value is -2.52. The van der Waals surface area contributed by atoms with E-state index in [1.54, 1.807) is 36.8 Å². The average Bonchev–Trinajstić information content (AvgIpc) is 2.62. The molecule has 0 saturated carbocycles. The van der Waals surface area contributed by atoms with E-state index in [1.165, 1.54) is 6.07 Å². The number of hydrogen-bond donors (Lipinski definition) is 0. The minimum Gasteiger partial charge on any atom is -0.378 e. The lowest BCUT2D eigenvalue weighted by Crippen LogP contribution is -2.32. The Morgan fingerprint density at radius 2 is 2.04 bits per heavy atom. The summed E-state index contributed by atoms with van der Waals surface area (Å²) in [6.45, 7) is 2.73. The van der Waals surface area contributed by atoms with Gasteiger partial charge in [0.1, 0.15) is 0 Å². The second-order valence-electron chi connectivity index (χ2n) is 4.93. The van der Waals surface area contributed by atoms with Crippen LogP contribution >= 0.6 is 11.8 Å². The number of nitro benzene ring substituents is 1. The molecule has 1 aromatic carbocycles. The first kappa shape index (κ1) is 16.3. The van der Waals surface area contributed by atoms with Gasteiger partial charge >= 0.3 is 0 Å². The summed E-state index contributed by atoms with van der Waals surface area (Å²) in [6, 6.07) is 6.70. The highest BCUT2D eigenvalue weighted by Crippen LogP contribution is 2.33. The van der Waals surface area contributed by atoms with Crippen LogP contribution in [0.3, 0.4) is 0 Å². The molecular weight excluding hydrogens is 330 g/mol. The van der Waals surface area contributed by atoms with Crippen molar-refractivity contribution in [1.82, 2.24) is 15.0 Å². The van der Waals surface area contributed by atoms with Crippen molar-refractivity contribution < 1.29 is 9.66 Å². The molecule has 0 unspecified atom stereocenters. The van der Waals surface area contributed by atoms with E-state index in [9.17, 15) is 10.1 Å². The van der Waals surface area contributed by atoms with Crippen molar-refractivity contribution in [1.29, 1.82) is 0 Å². The van der Waals surface area contributed by atoms with Crippen molar-refractivity contribution >= 4 is 23.7 Å². The van der Waals surface area contributed by atoms with E-state index in [0.29, 0.717) is 28.8 Å². The highest BCUT2D eigenvalue weighted by molar-refractivity contribution is 7.99. The summed E-state index contributed by atoms with van der Waals surface area (Å²) in [5.74, 6) is 0. The van der Waals surface area contributed by atoms with Crippen molar-refractivity contribution in [2.75, 3.05) is 26.3 Å². The van der Waals surface area contributed by atoms with Crippen LogP contribution in [0.2, 0.25) is 0 Å². The lowest BCUT2D eigenvalue weighted by Gasteiger charge is -2.23. The molecule has 3 rings (SSSR count). The summed E-state index contributed by atoms with van der Waals surface area (Å²) in [5.41, 5.74) is 0.685. The number of ether oxygens (including phenoxy) is 1. The molecule has 124 valence electrons. The maximum absolute atomic E-state index is 11.4. The molecule has 0 radical (unpaired) electrons. The largest absolute Gasteiger partial charge is 0.378 e. The Morgan fingerprint density at radius 3 is 2.75 bits per heavy atom. The number of benzene rings is 1. The van der Waals surface area contributed by atoms with E-state index in [4.69, 9.17) is 4.74 Å². The van der Waals surface area contributed by atoms with Gasteiger partial charge in [-0.1, -0.05) is 6.07 Å². The first-order valence-corrected chi connectivity index (χ1v) is 8.14. The summed E-state index contributed by atoms with van der Waals surface area (Å²) >= 11 is 1.16. The molecule has 0 N–H and O–H groups in total. The molecule has 2 aromatic rings. The number of nitro groups is 1. The van der Waals surface area contributed by atoms with Gasteiger partial charge in [-0.3, -0.25) is 15.1 Å². The van der Waals surface area contributed by atoms with Crippen LogP contribution in [0, 0.1) is 10.1 Å². The number of hydrazone groups is 1. The number of nitrogens with zero attached hydrogens (tertiary/aromatic N) is 5. The molecule has 1 aliphatic heterocycles. The predicted octanol–water partition coefficient (Wildman–Crippen LogP) is 2.20. The molecular formula is C15H15N5O3S. The van der Waals surface area contributed by atoms with Crippen LogP contribution in [-0.2, 0) is 4.74 Å². The molecule has 24 heavy (non-hydrogen) atoms. The fraction of sp³-hybridized carbons (Fsp3) is 0.267. The minimum absolute atomic E-state index is 0.0124. The van der Waals surface area contributed by atoms with Crippen LogP contribution in [-0.4, -0.2) is 52.4 Å². The minimum atomic E-state index is -0.405. The fourth-order valence-electron chi connectivity index (χ4n) is 2.10. The Balaban J connectivity index is 1.79. The molecule has 0 amide bonds. The van der Waals surface area contributed by atoms with E-state index in [0.717, 1.165) is 24.9 Å². The monoisotopic (exact) mass is 345 g/mol. The average molecular weight is 345 g/mol. The van der Waals surface area contributed by atoms with Gasteiger partial charge < -0.3 is 4.74 Å². The van der Waals surface area contributed by atoms with E-state index in [1.807, 2.05) is 5.01 Å². The summed E-state index contributed by atoms with van der Waals surface area (Å²) in [6.07, 6.45) is 4.83. The maximum Gasteiger partial charge on any atom is 0.283 e. The summed E-state index contributed by atoms with van der Waals surface area (Å²) in [4.78, 5) is 19.6. The Morgan fingerprint density at radius 1 is 1.29 bits per heavy atom. The second kappa shape index (κ2) is 7.84. The lowest BCUT2D eigenvalue weighted by molar-refractivity contribution is -0.387. The molecule has 1 saturated heterocycles. The van der Waals surface area contributed by atoms with Gasteiger partial charge in [0.2, 0.25) is 0 Å². The second-order valence-corrected chi connectivity index (χ2v) is 5.94. The van der Waals surface area contributed by atoms with Crippen LogP contribution in [0.5, 0.6) is 0 Å². The molecule has 1 aromatic heterocycles. The normalized spacial score (nSPS) is 14.9. The van der Waals surface area contributed by atoms with Crippen molar-refractivity contribution in [3.63, 3.8) is 0 Å². The molecule has 1 aliphatic rings. The standard InChI is InChI=1S/C15H15N5O3S/c21-20(22)13-10-12(11-18-19-6-8-23-9-7-19)2-3-14(13)24-15-16-4-1-5-17-15/h1-5,10-11H,6-9H2. The Kier molecular flexibility index (Phi) is 5.34. The first-order chi connectivity index (χ1) is 11.7. The van der Waals surface area contributed by atoms with Crippen LogP contribution in [0.4, 0.5) is 5.69 Å².